The first-order valence-corrected chi connectivity index (χ1v) is 11.6. The first kappa shape index (κ1) is 29.3. The van der Waals surface area contributed by atoms with Gasteiger partial charge in [0.15, 0.2) is 0 Å². The number of primary amides is 1. The molecule has 1 atom stereocenters. The van der Waals surface area contributed by atoms with Crippen molar-refractivity contribution in [2.75, 3.05) is 12.4 Å². The highest BCUT2D eigenvalue weighted by molar-refractivity contribution is 6.02. The Morgan fingerprint density at radius 1 is 1.26 bits per heavy atom. The Hall–Kier alpha value is -4.94. The third kappa shape index (κ3) is 8.62. The zero-order chi connectivity index (χ0) is 28.2. The Morgan fingerprint density at radius 2 is 2.00 bits per heavy atom. The van der Waals surface area contributed by atoms with E-state index >= 15 is 0 Å². The maximum atomic E-state index is 13.1. The minimum absolute atomic E-state index is 0.00791. The monoisotopic (exact) mass is 526 g/mol. The van der Waals surface area contributed by atoms with E-state index in [1.807, 2.05) is 6.92 Å². The molecule has 0 radical (unpaired) electrons. The largest absolute Gasteiger partial charge is 0.466 e. The van der Waals surface area contributed by atoms with E-state index in [0.29, 0.717) is 12.1 Å². The Bertz CT molecular complexity index is 1310. The average Bonchev–Trinajstić information content (AvgIpc) is 3.38. The van der Waals surface area contributed by atoms with Crippen molar-refractivity contribution in [2.45, 2.75) is 38.8 Å². The van der Waals surface area contributed by atoms with Gasteiger partial charge in [0, 0.05) is 24.2 Å². The van der Waals surface area contributed by atoms with Gasteiger partial charge in [0.05, 0.1) is 12.7 Å². The lowest BCUT2D eigenvalue weighted by molar-refractivity contribution is -0.134. The standard InChI is InChI=1S/C25H30N6O7/c1-4-15(2)28-20(32)14-31-11-7-9-18(25(31)37)30-24(36)17(8-5-6-10-21(33)38-3)29-23(35)16-12-19(22(26)34)27-13-16/h6-7,9-13,17,27H,2,4-5,8,14H2,1,3H3,(H2,26,34)(H,28,32)(H,29,35)(H,30,36)/b10-6+/t17-/m0/s1. The van der Waals surface area contributed by atoms with E-state index in [-0.39, 0.29) is 36.3 Å². The second kappa shape index (κ2) is 14.0. The fourth-order valence-electron chi connectivity index (χ4n) is 3.14. The molecule has 0 unspecified atom stereocenters. The summed E-state index contributed by atoms with van der Waals surface area (Å²) >= 11 is 0. The van der Waals surface area contributed by atoms with Gasteiger partial charge < -0.3 is 36.0 Å². The number of pyridine rings is 1. The van der Waals surface area contributed by atoms with Gasteiger partial charge in [-0.05, 0) is 37.5 Å². The molecule has 13 nitrogen and oxygen atoms in total. The number of aromatic amines is 1. The smallest absolute Gasteiger partial charge is 0.330 e. The van der Waals surface area contributed by atoms with Crippen LogP contribution in [0.25, 0.3) is 0 Å². The molecule has 202 valence electrons. The molecule has 6 N–H and O–H groups in total. The lowest BCUT2D eigenvalue weighted by atomic mass is 10.1. The van der Waals surface area contributed by atoms with Crippen molar-refractivity contribution in [1.29, 1.82) is 0 Å². The highest BCUT2D eigenvalue weighted by Gasteiger charge is 2.23. The molecule has 0 bridgehead atoms. The van der Waals surface area contributed by atoms with Crippen LogP contribution < -0.4 is 27.2 Å². The van der Waals surface area contributed by atoms with Gasteiger partial charge in [-0.15, -0.1) is 0 Å². The molecule has 2 aromatic rings. The Morgan fingerprint density at radius 3 is 2.63 bits per heavy atom. The van der Waals surface area contributed by atoms with E-state index in [0.717, 1.165) is 4.57 Å². The SMILES string of the molecule is C=C(CC)NC(=O)Cn1cccc(NC(=O)[C@H](CC/C=C/C(=O)OC)NC(=O)c2c[nH]c(C(N)=O)c2)c1=O. The summed E-state index contributed by atoms with van der Waals surface area (Å²) in [6.07, 6.45) is 6.09. The summed E-state index contributed by atoms with van der Waals surface area (Å²) in [5.41, 5.74) is 5.02. The molecule has 2 rings (SSSR count). The van der Waals surface area contributed by atoms with Crippen LogP contribution in [-0.4, -0.2) is 52.3 Å². The zero-order valence-corrected chi connectivity index (χ0v) is 21.0. The lowest BCUT2D eigenvalue weighted by Gasteiger charge is -2.18. The van der Waals surface area contributed by atoms with Crippen molar-refractivity contribution in [3.05, 3.63) is 76.6 Å². The van der Waals surface area contributed by atoms with Crippen molar-refractivity contribution >= 4 is 35.3 Å². The van der Waals surface area contributed by atoms with Crippen LogP contribution in [0, 0.1) is 0 Å². The van der Waals surface area contributed by atoms with E-state index in [4.69, 9.17) is 5.73 Å². The van der Waals surface area contributed by atoms with Crippen molar-refractivity contribution in [1.82, 2.24) is 20.2 Å². The number of H-pyrrole nitrogens is 1. The van der Waals surface area contributed by atoms with Crippen LogP contribution in [0.1, 0.15) is 47.0 Å². The van der Waals surface area contributed by atoms with Crippen molar-refractivity contribution in [3.63, 3.8) is 0 Å². The predicted octanol–water partition coefficient (Wildman–Crippen LogP) is 0.562. The fraction of sp³-hybridized carbons (Fsp3) is 0.280. The molecule has 4 amide bonds. The number of esters is 1. The third-order valence-corrected chi connectivity index (χ3v) is 5.24. The molecule has 0 aliphatic carbocycles. The van der Waals surface area contributed by atoms with E-state index in [2.05, 4.69) is 32.3 Å². The van der Waals surface area contributed by atoms with Crippen LogP contribution in [0.4, 0.5) is 5.69 Å². The maximum Gasteiger partial charge on any atom is 0.330 e. The number of nitrogens with zero attached hydrogens (tertiary/aromatic N) is 1. The summed E-state index contributed by atoms with van der Waals surface area (Å²) in [4.78, 5) is 76.0. The summed E-state index contributed by atoms with van der Waals surface area (Å²) in [5, 5.41) is 7.60. The highest BCUT2D eigenvalue weighted by atomic mass is 16.5. The molecule has 2 heterocycles. The Kier molecular flexibility index (Phi) is 10.8. The van der Waals surface area contributed by atoms with Crippen molar-refractivity contribution in [3.8, 4) is 0 Å². The van der Waals surface area contributed by atoms with E-state index in [9.17, 15) is 28.8 Å². The van der Waals surface area contributed by atoms with E-state index in [1.165, 1.54) is 49.9 Å². The molecule has 38 heavy (non-hydrogen) atoms. The highest BCUT2D eigenvalue weighted by Crippen LogP contribution is 2.08. The van der Waals surface area contributed by atoms with Gasteiger partial charge in [-0.1, -0.05) is 19.6 Å². The van der Waals surface area contributed by atoms with Crippen LogP contribution in [0.3, 0.4) is 0 Å². The minimum Gasteiger partial charge on any atom is -0.466 e. The summed E-state index contributed by atoms with van der Waals surface area (Å²) in [5.74, 6) is -3.19. The van der Waals surface area contributed by atoms with Crippen LogP contribution in [-0.2, 0) is 25.7 Å². The second-order valence-electron chi connectivity index (χ2n) is 8.04. The molecule has 0 fully saturated rings. The van der Waals surface area contributed by atoms with E-state index in [1.54, 1.807) is 0 Å². The molecular weight excluding hydrogens is 496 g/mol. The summed E-state index contributed by atoms with van der Waals surface area (Å²) < 4.78 is 5.64. The van der Waals surface area contributed by atoms with Crippen LogP contribution in [0.2, 0.25) is 0 Å². The number of hydrogen-bond acceptors (Lipinski definition) is 7. The molecule has 0 spiro atoms. The second-order valence-corrected chi connectivity index (χ2v) is 8.04. The number of allylic oxidation sites excluding steroid dienone is 2. The molecule has 13 heteroatoms. The maximum absolute atomic E-state index is 13.1. The number of ether oxygens (including phenoxy) is 1. The lowest BCUT2D eigenvalue weighted by Crippen LogP contribution is -2.44. The number of carbonyl (C=O) groups is 5. The summed E-state index contributed by atoms with van der Waals surface area (Å²) in [6.45, 7) is 5.21. The van der Waals surface area contributed by atoms with Gasteiger partial charge in [-0.2, -0.15) is 0 Å². The number of methoxy groups -OCH3 is 1. The van der Waals surface area contributed by atoms with Gasteiger partial charge in [-0.3, -0.25) is 24.0 Å². The minimum atomic E-state index is -1.14. The van der Waals surface area contributed by atoms with Gasteiger partial charge in [0.2, 0.25) is 11.8 Å². The number of hydrogen-bond donors (Lipinski definition) is 5. The Balaban J connectivity index is 2.20. The average molecular weight is 527 g/mol. The summed E-state index contributed by atoms with van der Waals surface area (Å²) in [6, 6.07) is 2.94. The zero-order valence-electron chi connectivity index (χ0n) is 21.0. The van der Waals surface area contributed by atoms with E-state index < -0.39 is 41.2 Å². The topological polar surface area (TPSA) is 194 Å². The van der Waals surface area contributed by atoms with Crippen LogP contribution in [0.15, 0.2) is 59.8 Å². The van der Waals surface area contributed by atoms with Crippen LogP contribution in [0.5, 0.6) is 0 Å². The number of amides is 4. The first-order chi connectivity index (χ1) is 18.0. The number of anilines is 1. The van der Waals surface area contributed by atoms with Gasteiger partial charge in [-0.25, -0.2) is 4.79 Å². The number of nitrogens with one attached hydrogen (secondary N) is 4. The first-order valence-electron chi connectivity index (χ1n) is 11.6. The predicted molar refractivity (Wildman–Crippen MR) is 138 cm³/mol. The van der Waals surface area contributed by atoms with Crippen LogP contribution >= 0.6 is 0 Å². The molecule has 0 saturated carbocycles. The number of carbonyl (C=O) groups excluding carboxylic acids is 5. The quantitative estimate of drug-likeness (QED) is 0.186. The molecule has 2 aromatic heterocycles. The Labute approximate surface area is 218 Å². The van der Waals surface area contributed by atoms with Crippen molar-refractivity contribution in [2.24, 2.45) is 5.73 Å². The summed E-state index contributed by atoms with van der Waals surface area (Å²) in [7, 11) is 1.22. The molecule has 0 aromatic carbocycles. The molecular formula is C25H30N6O7. The van der Waals surface area contributed by atoms with Gasteiger partial charge in [0.25, 0.3) is 17.4 Å². The number of nitrogens with two attached hydrogens (primary N) is 1. The fourth-order valence-corrected chi connectivity index (χ4v) is 3.14. The normalized spacial score (nSPS) is 11.4. The number of aromatic nitrogens is 2. The molecule has 0 aliphatic heterocycles. The molecule has 0 saturated heterocycles. The molecule has 0 aliphatic rings. The van der Waals surface area contributed by atoms with Crippen molar-refractivity contribution < 1.29 is 28.7 Å². The number of rotatable bonds is 13. The third-order valence-electron chi connectivity index (χ3n) is 5.24. The van der Waals surface area contributed by atoms with Gasteiger partial charge >= 0.3 is 5.97 Å². The van der Waals surface area contributed by atoms with Gasteiger partial charge in [0.1, 0.15) is 24.0 Å².